The summed E-state index contributed by atoms with van der Waals surface area (Å²) in [5.74, 6) is 0.572. The van der Waals surface area contributed by atoms with Crippen LogP contribution in [0, 0.1) is 5.21 Å². The molecule has 0 spiro atoms. The number of pyridine rings is 2. The van der Waals surface area contributed by atoms with E-state index in [1.807, 2.05) is 48.5 Å². The van der Waals surface area contributed by atoms with Crippen molar-refractivity contribution in [2.75, 3.05) is 7.11 Å². The molecule has 31 heavy (non-hydrogen) atoms. The molecule has 4 aromatic carbocycles. The van der Waals surface area contributed by atoms with E-state index in [0.717, 1.165) is 42.4 Å². The van der Waals surface area contributed by atoms with Crippen molar-refractivity contribution >= 4 is 43.2 Å². The number of ether oxygens (including phenoxy) is 1. The summed E-state index contributed by atoms with van der Waals surface area (Å²) >= 11 is 0. The normalized spacial score (nSPS) is 11.5. The molecule has 4 heteroatoms. The molecule has 6 aromatic rings. The minimum Gasteiger partial charge on any atom is -0.618 e. The molecule has 0 unspecified atom stereocenters. The summed E-state index contributed by atoms with van der Waals surface area (Å²) in [5, 5.41) is 21.1. The smallest absolute Gasteiger partial charge is 0.254 e. The zero-order chi connectivity index (χ0) is 20.9. The van der Waals surface area contributed by atoms with E-state index in [1.54, 1.807) is 19.4 Å². The van der Waals surface area contributed by atoms with E-state index >= 15 is 0 Å². The monoisotopic (exact) mass is 402 g/mol. The van der Waals surface area contributed by atoms with E-state index in [-0.39, 0.29) is 0 Å². The van der Waals surface area contributed by atoms with Gasteiger partial charge in [0, 0.05) is 23.0 Å². The van der Waals surface area contributed by atoms with Gasteiger partial charge in [-0.2, -0.15) is 4.73 Å². The Kier molecular flexibility index (Phi) is 3.80. The van der Waals surface area contributed by atoms with Gasteiger partial charge >= 0.3 is 0 Å². The first-order valence-electron chi connectivity index (χ1n) is 10.2. The van der Waals surface area contributed by atoms with Crippen molar-refractivity contribution in [3.63, 3.8) is 0 Å². The first kappa shape index (κ1) is 17.7. The van der Waals surface area contributed by atoms with Crippen LogP contribution in [0.2, 0.25) is 0 Å². The SMILES string of the molecule is COc1cccnc1-c1c2ccccc2c2c3c(ccc4ccccc43)ccc2[n+]1[O-]. The molecular weight excluding hydrogens is 384 g/mol. The van der Waals surface area contributed by atoms with Crippen LogP contribution in [0.15, 0.2) is 91.1 Å². The van der Waals surface area contributed by atoms with Crippen LogP contribution in [0.5, 0.6) is 5.75 Å². The molecule has 0 radical (unpaired) electrons. The number of hydrogen-bond acceptors (Lipinski definition) is 3. The lowest BCUT2D eigenvalue weighted by Gasteiger charge is -2.15. The van der Waals surface area contributed by atoms with E-state index in [0.29, 0.717) is 22.7 Å². The van der Waals surface area contributed by atoms with Gasteiger partial charge in [0.05, 0.1) is 17.9 Å². The molecule has 0 N–H and O–H groups in total. The van der Waals surface area contributed by atoms with Crippen molar-refractivity contribution < 1.29 is 9.47 Å². The lowest BCUT2D eigenvalue weighted by atomic mass is 9.94. The van der Waals surface area contributed by atoms with Crippen molar-refractivity contribution in [2.45, 2.75) is 0 Å². The van der Waals surface area contributed by atoms with E-state index in [9.17, 15) is 5.21 Å². The van der Waals surface area contributed by atoms with Crippen LogP contribution in [-0.2, 0) is 0 Å². The third-order valence-electron chi connectivity index (χ3n) is 5.98. The van der Waals surface area contributed by atoms with Gasteiger partial charge in [0.1, 0.15) is 0 Å². The molecule has 148 valence electrons. The molecular formula is C27H18N2O2. The maximum absolute atomic E-state index is 13.8. The molecule has 0 bridgehead atoms. The number of fused-ring (bicyclic) bond motifs is 7. The molecule has 0 saturated carbocycles. The van der Waals surface area contributed by atoms with Gasteiger partial charge < -0.3 is 9.94 Å². The number of aromatic nitrogens is 2. The van der Waals surface area contributed by atoms with Crippen molar-refractivity contribution in [3.8, 4) is 17.1 Å². The van der Waals surface area contributed by atoms with Crippen LogP contribution in [0.3, 0.4) is 0 Å². The zero-order valence-corrected chi connectivity index (χ0v) is 16.9. The van der Waals surface area contributed by atoms with Gasteiger partial charge in [-0.15, -0.1) is 0 Å². The zero-order valence-electron chi connectivity index (χ0n) is 16.9. The average molecular weight is 402 g/mol. The second-order valence-corrected chi connectivity index (χ2v) is 7.59. The third kappa shape index (κ3) is 2.48. The van der Waals surface area contributed by atoms with Crippen LogP contribution in [-0.4, -0.2) is 12.1 Å². The minimum absolute atomic E-state index is 0.500. The van der Waals surface area contributed by atoms with E-state index in [4.69, 9.17) is 4.74 Å². The number of benzene rings is 4. The molecule has 0 fully saturated rings. The van der Waals surface area contributed by atoms with Crippen LogP contribution in [0.4, 0.5) is 0 Å². The highest BCUT2D eigenvalue weighted by atomic mass is 16.5. The van der Waals surface area contributed by atoms with Crippen molar-refractivity contribution in [3.05, 3.63) is 96.3 Å². The molecule has 0 aliphatic heterocycles. The van der Waals surface area contributed by atoms with Crippen molar-refractivity contribution in [1.82, 2.24) is 4.98 Å². The molecule has 2 heterocycles. The van der Waals surface area contributed by atoms with Crippen LogP contribution >= 0.6 is 0 Å². The highest BCUT2D eigenvalue weighted by molar-refractivity contribution is 6.27. The quantitative estimate of drug-likeness (QED) is 0.203. The third-order valence-corrected chi connectivity index (χ3v) is 5.98. The van der Waals surface area contributed by atoms with Gasteiger partial charge in [-0.3, -0.25) is 0 Å². The minimum atomic E-state index is 0.500. The summed E-state index contributed by atoms with van der Waals surface area (Å²) < 4.78 is 6.53. The molecule has 6 rings (SSSR count). The molecule has 0 aliphatic rings. The Balaban J connectivity index is 1.90. The summed E-state index contributed by atoms with van der Waals surface area (Å²) in [4.78, 5) is 4.50. The summed E-state index contributed by atoms with van der Waals surface area (Å²) in [6, 6.07) is 28.2. The fourth-order valence-electron chi connectivity index (χ4n) is 4.62. The molecule has 2 aromatic heterocycles. The topological polar surface area (TPSA) is 49.1 Å². The number of rotatable bonds is 2. The fourth-order valence-corrected chi connectivity index (χ4v) is 4.62. The Labute approximate surface area is 178 Å². The number of methoxy groups -OCH3 is 1. The highest BCUT2D eigenvalue weighted by Gasteiger charge is 2.25. The summed E-state index contributed by atoms with van der Waals surface area (Å²) in [6.45, 7) is 0. The van der Waals surface area contributed by atoms with E-state index in [1.165, 1.54) is 0 Å². The lowest BCUT2D eigenvalue weighted by Crippen LogP contribution is -2.31. The van der Waals surface area contributed by atoms with Crippen LogP contribution < -0.4 is 9.47 Å². The molecule has 4 nitrogen and oxygen atoms in total. The second kappa shape index (κ2) is 6.67. The Bertz CT molecular complexity index is 1640. The maximum atomic E-state index is 13.8. The van der Waals surface area contributed by atoms with E-state index in [2.05, 4.69) is 35.3 Å². The first-order chi connectivity index (χ1) is 15.3. The Morgan fingerprint density at radius 2 is 1.42 bits per heavy atom. The van der Waals surface area contributed by atoms with E-state index < -0.39 is 0 Å². The van der Waals surface area contributed by atoms with Crippen molar-refractivity contribution in [2.24, 2.45) is 0 Å². The standard InChI is InChI=1S/C27H18N2O2/c1-31-23-11-6-16-28-26(23)27-21-10-5-4-9-20(21)25-22(29(27)30)15-14-18-13-12-17-7-2-3-8-19(17)24(18)25/h2-16H,1H3. The number of hydrogen-bond donors (Lipinski definition) is 0. The Morgan fingerprint density at radius 3 is 2.26 bits per heavy atom. The summed E-state index contributed by atoms with van der Waals surface area (Å²) in [7, 11) is 1.60. The first-order valence-corrected chi connectivity index (χ1v) is 10.2. The van der Waals surface area contributed by atoms with Gasteiger partial charge in [-0.1, -0.05) is 54.6 Å². The summed E-state index contributed by atoms with van der Waals surface area (Å²) in [5.41, 5.74) is 1.65. The van der Waals surface area contributed by atoms with Gasteiger partial charge in [-0.25, -0.2) is 4.98 Å². The molecule has 0 aliphatic carbocycles. The largest absolute Gasteiger partial charge is 0.618 e. The molecule has 0 saturated heterocycles. The van der Waals surface area contributed by atoms with Crippen molar-refractivity contribution in [1.29, 1.82) is 0 Å². The fraction of sp³-hybridized carbons (Fsp3) is 0.0370. The predicted octanol–water partition coefficient (Wildman–Crippen LogP) is 6.00. The van der Waals surface area contributed by atoms with Crippen LogP contribution in [0.25, 0.3) is 54.6 Å². The highest BCUT2D eigenvalue weighted by Crippen LogP contribution is 2.39. The summed E-state index contributed by atoms with van der Waals surface area (Å²) in [6.07, 6.45) is 1.69. The van der Waals surface area contributed by atoms with Gasteiger partial charge in [0.15, 0.2) is 11.4 Å². The molecule has 0 atom stereocenters. The van der Waals surface area contributed by atoms with Gasteiger partial charge in [-0.05, 0) is 40.4 Å². The van der Waals surface area contributed by atoms with Gasteiger partial charge in [0.25, 0.3) is 5.69 Å². The van der Waals surface area contributed by atoms with Crippen LogP contribution in [0.1, 0.15) is 0 Å². The predicted molar refractivity (Wildman–Crippen MR) is 125 cm³/mol. The average Bonchev–Trinajstić information content (AvgIpc) is 2.83. The van der Waals surface area contributed by atoms with Gasteiger partial charge in [0.2, 0.25) is 5.52 Å². The molecule has 0 amide bonds. The Hall–Kier alpha value is -4.18. The Morgan fingerprint density at radius 1 is 0.710 bits per heavy atom. The second-order valence-electron chi connectivity index (χ2n) is 7.59. The lowest BCUT2D eigenvalue weighted by molar-refractivity contribution is -0.563. The maximum Gasteiger partial charge on any atom is 0.254 e. The number of nitrogens with zero attached hydrogens (tertiary/aromatic N) is 2.